The van der Waals surface area contributed by atoms with Crippen molar-refractivity contribution in [1.29, 1.82) is 0 Å². The number of hydrogen-bond donors (Lipinski definition) is 1. The molecule has 1 aromatic carbocycles. The summed E-state index contributed by atoms with van der Waals surface area (Å²) in [6, 6.07) is 7.30. The van der Waals surface area contributed by atoms with Gasteiger partial charge in [-0.3, -0.25) is 0 Å². The average Bonchev–Trinajstić information content (AvgIpc) is 2.66. The van der Waals surface area contributed by atoms with Crippen LogP contribution in [-0.2, 0) is 0 Å². The fraction of sp³-hybridized carbons (Fsp3) is 0.100. The SMILES string of the molecule is C=C(CSc1nc2ccccc2[nH]1)[B-](F)(F)F.[K+]. The van der Waals surface area contributed by atoms with Crippen LogP contribution in [-0.4, -0.2) is 22.7 Å². The van der Waals surface area contributed by atoms with Crippen molar-refractivity contribution in [2.75, 3.05) is 5.75 Å². The van der Waals surface area contributed by atoms with E-state index in [0.29, 0.717) is 5.16 Å². The van der Waals surface area contributed by atoms with E-state index < -0.39 is 12.4 Å². The Kier molecular flexibility index (Phi) is 6.01. The number of para-hydroxylation sites is 2. The molecule has 0 atom stereocenters. The van der Waals surface area contributed by atoms with E-state index in [1.54, 1.807) is 6.07 Å². The van der Waals surface area contributed by atoms with Gasteiger partial charge < -0.3 is 17.9 Å². The summed E-state index contributed by atoms with van der Waals surface area (Å²) >= 11 is 1.01. The van der Waals surface area contributed by atoms with Crippen LogP contribution in [0.25, 0.3) is 11.0 Å². The van der Waals surface area contributed by atoms with E-state index in [4.69, 9.17) is 0 Å². The molecule has 0 amide bonds. The standard InChI is InChI=1S/C10H9BF3N2S.K/c1-7(11(12,13)14)6-17-10-15-8-4-2-3-5-9(8)16-10;/h2-5H,1,6H2,(H,15,16);/q-1;+1. The van der Waals surface area contributed by atoms with Crippen LogP contribution >= 0.6 is 11.8 Å². The Morgan fingerprint density at radius 3 is 2.61 bits per heavy atom. The molecule has 0 unspecified atom stereocenters. The van der Waals surface area contributed by atoms with Gasteiger partial charge in [0.2, 0.25) is 0 Å². The van der Waals surface area contributed by atoms with Crippen molar-refractivity contribution in [2.45, 2.75) is 5.16 Å². The first-order chi connectivity index (χ1) is 7.97. The number of hydrogen-bond acceptors (Lipinski definition) is 2. The summed E-state index contributed by atoms with van der Waals surface area (Å²) in [7, 11) is 0. The Morgan fingerprint density at radius 1 is 1.33 bits per heavy atom. The van der Waals surface area contributed by atoms with E-state index in [9.17, 15) is 12.9 Å². The second kappa shape index (κ2) is 6.63. The van der Waals surface area contributed by atoms with Gasteiger partial charge >= 0.3 is 58.4 Å². The molecule has 2 nitrogen and oxygen atoms in total. The van der Waals surface area contributed by atoms with Gasteiger partial charge in [0.25, 0.3) is 0 Å². The molecule has 2 aromatic rings. The molecule has 90 valence electrons. The van der Waals surface area contributed by atoms with Crippen molar-refractivity contribution in [1.82, 2.24) is 9.97 Å². The Bertz CT molecular complexity index is 522. The van der Waals surface area contributed by atoms with Gasteiger partial charge in [0.15, 0.2) is 5.16 Å². The second-order valence-electron chi connectivity index (χ2n) is 3.58. The molecule has 18 heavy (non-hydrogen) atoms. The minimum Gasteiger partial charge on any atom is -0.445 e. The topological polar surface area (TPSA) is 28.7 Å². The smallest absolute Gasteiger partial charge is 0.445 e. The molecule has 0 saturated heterocycles. The molecule has 0 radical (unpaired) electrons. The molecule has 0 bridgehead atoms. The average molecular weight is 296 g/mol. The van der Waals surface area contributed by atoms with Crippen molar-refractivity contribution in [3.05, 3.63) is 36.3 Å². The largest absolute Gasteiger partial charge is 1.00 e. The van der Waals surface area contributed by atoms with Crippen LogP contribution in [0.3, 0.4) is 0 Å². The molecule has 0 fully saturated rings. The first-order valence-corrected chi connectivity index (χ1v) is 5.90. The molecular weight excluding hydrogens is 287 g/mol. The number of fused-ring (bicyclic) bond motifs is 1. The maximum Gasteiger partial charge on any atom is 1.00 e. The molecule has 0 aliphatic heterocycles. The minimum absolute atomic E-state index is 0. The third-order valence-corrected chi connectivity index (χ3v) is 3.21. The number of nitrogens with one attached hydrogen (secondary N) is 1. The van der Waals surface area contributed by atoms with E-state index in [1.165, 1.54) is 0 Å². The summed E-state index contributed by atoms with van der Waals surface area (Å²) in [6.45, 7) is -1.92. The van der Waals surface area contributed by atoms with Gasteiger partial charge in [0.05, 0.1) is 11.0 Å². The van der Waals surface area contributed by atoms with Crippen molar-refractivity contribution in [3.63, 3.8) is 0 Å². The summed E-state index contributed by atoms with van der Waals surface area (Å²) in [4.78, 5) is 7.13. The normalized spacial score (nSPS) is 11.3. The van der Waals surface area contributed by atoms with Gasteiger partial charge in [0.1, 0.15) is 0 Å². The summed E-state index contributed by atoms with van der Waals surface area (Å²) in [5.41, 5.74) is 0.867. The van der Waals surface area contributed by atoms with Crippen LogP contribution in [0.5, 0.6) is 0 Å². The predicted molar refractivity (Wildman–Crippen MR) is 65.0 cm³/mol. The predicted octanol–water partition coefficient (Wildman–Crippen LogP) is 0.602. The summed E-state index contributed by atoms with van der Waals surface area (Å²) in [5, 5.41) is 0.479. The quantitative estimate of drug-likeness (QED) is 0.661. The van der Waals surface area contributed by atoms with Crippen LogP contribution in [0.15, 0.2) is 41.5 Å². The van der Waals surface area contributed by atoms with Crippen molar-refractivity contribution in [3.8, 4) is 0 Å². The second-order valence-corrected chi connectivity index (χ2v) is 4.54. The van der Waals surface area contributed by atoms with E-state index in [-0.39, 0.29) is 57.1 Å². The van der Waals surface area contributed by atoms with E-state index in [2.05, 4.69) is 16.5 Å². The molecule has 1 N–H and O–H groups in total. The summed E-state index contributed by atoms with van der Waals surface area (Å²) in [5.74, 6) is -0.191. The van der Waals surface area contributed by atoms with E-state index in [0.717, 1.165) is 22.8 Å². The van der Waals surface area contributed by atoms with Gasteiger partial charge in [-0.05, 0) is 17.9 Å². The van der Waals surface area contributed by atoms with Gasteiger partial charge in [0, 0.05) is 0 Å². The number of thioether (sulfide) groups is 1. The van der Waals surface area contributed by atoms with Gasteiger partial charge in [-0.15, -0.1) is 12.1 Å². The monoisotopic (exact) mass is 296 g/mol. The number of halogens is 3. The van der Waals surface area contributed by atoms with Crippen molar-refractivity contribution in [2.24, 2.45) is 0 Å². The third kappa shape index (κ3) is 4.14. The first-order valence-electron chi connectivity index (χ1n) is 4.92. The van der Waals surface area contributed by atoms with E-state index in [1.807, 2.05) is 18.2 Å². The summed E-state index contributed by atoms with van der Waals surface area (Å²) < 4.78 is 36.8. The maximum atomic E-state index is 12.3. The summed E-state index contributed by atoms with van der Waals surface area (Å²) in [6.07, 6.45) is 0. The number of aromatic amines is 1. The maximum absolute atomic E-state index is 12.3. The molecule has 2 rings (SSSR count). The Hall–Kier alpha value is 0.271. The number of imidazole rings is 1. The first kappa shape index (κ1) is 16.3. The van der Waals surface area contributed by atoms with Gasteiger partial charge in [-0.1, -0.05) is 23.9 Å². The van der Waals surface area contributed by atoms with Gasteiger partial charge in [-0.2, -0.15) is 0 Å². The molecule has 0 saturated carbocycles. The van der Waals surface area contributed by atoms with Crippen LogP contribution < -0.4 is 51.4 Å². The Labute approximate surface area is 149 Å². The number of rotatable bonds is 4. The molecule has 0 spiro atoms. The van der Waals surface area contributed by atoms with Crippen LogP contribution in [0.2, 0.25) is 0 Å². The number of aromatic nitrogens is 2. The Balaban J connectivity index is 0.00000162. The number of nitrogens with zero attached hydrogens (tertiary/aromatic N) is 1. The van der Waals surface area contributed by atoms with Crippen LogP contribution in [0.1, 0.15) is 0 Å². The van der Waals surface area contributed by atoms with E-state index >= 15 is 0 Å². The van der Waals surface area contributed by atoms with Crippen molar-refractivity contribution >= 4 is 29.8 Å². The molecule has 0 aliphatic rings. The molecular formula is C10H9BF3KN2S. The molecule has 0 aliphatic carbocycles. The molecule has 1 heterocycles. The number of H-pyrrole nitrogens is 1. The van der Waals surface area contributed by atoms with Gasteiger partial charge in [-0.25, -0.2) is 4.98 Å². The fourth-order valence-corrected chi connectivity index (χ4v) is 2.11. The Morgan fingerprint density at radius 2 is 2.00 bits per heavy atom. The zero-order valence-corrected chi connectivity index (χ0v) is 13.7. The number of benzene rings is 1. The molecule has 8 heteroatoms. The molecule has 1 aromatic heterocycles. The van der Waals surface area contributed by atoms with Crippen molar-refractivity contribution < 1.29 is 64.3 Å². The third-order valence-electron chi connectivity index (χ3n) is 2.22. The zero-order chi connectivity index (χ0) is 12.5. The minimum atomic E-state index is -4.95. The zero-order valence-electron chi connectivity index (χ0n) is 9.79. The van der Waals surface area contributed by atoms with Crippen LogP contribution in [0, 0.1) is 0 Å². The fourth-order valence-electron chi connectivity index (χ4n) is 1.25. The van der Waals surface area contributed by atoms with Crippen LogP contribution in [0.4, 0.5) is 12.9 Å².